The molecule has 2 N–H and O–H groups in total. The van der Waals surface area contributed by atoms with Gasteiger partial charge in [-0.3, -0.25) is 33.7 Å². The van der Waals surface area contributed by atoms with E-state index in [1.165, 1.54) is 4.57 Å². The first-order valence-corrected chi connectivity index (χ1v) is 15.9. The Morgan fingerprint density at radius 2 is 1.82 bits per heavy atom. The summed E-state index contributed by atoms with van der Waals surface area (Å²) in [6.45, 7) is 6.66. The van der Waals surface area contributed by atoms with Crippen LogP contribution in [-0.2, 0) is 19.9 Å². The van der Waals surface area contributed by atoms with Gasteiger partial charge in [-0.05, 0) is 57.5 Å². The molecule has 12 heteroatoms. The largest absolute Gasteiger partial charge is 0.369 e. The number of hydrogen-bond acceptors (Lipinski definition) is 8. The number of nitrogens with one attached hydrogen (secondary N) is 2. The van der Waals surface area contributed by atoms with Gasteiger partial charge in [0.15, 0.2) is 0 Å². The number of hydrogen-bond donors (Lipinski definition) is 2. The molecule has 2 fully saturated rings. The highest BCUT2D eigenvalue weighted by atomic mass is 16.2. The van der Waals surface area contributed by atoms with Crippen LogP contribution in [-0.4, -0.2) is 50.1 Å². The predicted octanol–water partition coefficient (Wildman–Crippen LogP) is 3.77. The van der Waals surface area contributed by atoms with Gasteiger partial charge >= 0.3 is 0 Å². The van der Waals surface area contributed by atoms with Crippen molar-refractivity contribution in [1.82, 2.24) is 24.6 Å². The summed E-state index contributed by atoms with van der Waals surface area (Å²) < 4.78 is 2.98. The molecule has 244 valence electrons. The van der Waals surface area contributed by atoms with Crippen molar-refractivity contribution < 1.29 is 14.4 Å². The van der Waals surface area contributed by atoms with Crippen LogP contribution in [0.15, 0.2) is 71.8 Å². The van der Waals surface area contributed by atoms with Crippen molar-refractivity contribution in [2.24, 2.45) is 5.92 Å². The number of nitriles is 1. The fraction of sp³-hybridized carbons (Fsp3) is 0.270. The van der Waals surface area contributed by atoms with Crippen LogP contribution in [0.3, 0.4) is 0 Å². The molecule has 2 saturated heterocycles. The van der Waals surface area contributed by atoms with E-state index in [0.717, 1.165) is 16.5 Å². The molecular formula is C37H32N8O4. The Labute approximate surface area is 281 Å². The Morgan fingerprint density at radius 3 is 2.57 bits per heavy atom. The van der Waals surface area contributed by atoms with Gasteiger partial charge in [0.2, 0.25) is 11.8 Å². The molecule has 5 aromatic rings. The summed E-state index contributed by atoms with van der Waals surface area (Å²) in [6.07, 6.45) is 3.85. The minimum Gasteiger partial charge on any atom is -0.369 e. The molecule has 0 bridgehead atoms. The minimum absolute atomic E-state index is 0.121. The third kappa shape index (κ3) is 5.68. The maximum absolute atomic E-state index is 13.4. The lowest BCUT2D eigenvalue weighted by atomic mass is 9.99. The summed E-state index contributed by atoms with van der Waals surface area (Å²) in [6, 6.07) is 17.8. The number of aryl methyl sites for hydroxylation is 1. The number of aromatic nitrogens is 4. The maximum atomic E-state index is 13.4. The van der Waals surface area contributed by atoms with Crippen LogP contribution in [0.2, 0.25) is 0 Å². The van der Waals surface area contributed by atoms with E-state index < -0.39 is 17.5 Å². The van der Waals surface area contributed by atoms with E-state index in [-0.39, 0.29) is 36.1 Å². The standard InChI is InChI=1S/C37H32N8O4/c1-22-40-31-16-26(11-12-29(31)35(48)45(22)32-14-15-33(46)42-34(32)47)43-19-24(20-43)9-8-23-18-39-44(21-23)37(2,3)36(49)41-30-13-10-25(17-38)27-6-4-5-7-28(27)30/h4-7,10-13,16,18,21,24,32H,14-15,19-20H2,1-3H3,(H,41,49)(H,42,46,47). The highest BCUT2D eigenvalue weighted by molar-refractivity contribution is 6.06. The highest BCUT2D eigenvalue weighted by Gasteiger charge is 2.32. The molecule has 2 aliphatic heterocycles. The smallest absolute Gasteiger partial charge is 0.262 e. The van der Waals surface area contributed by atoms with Gasteiger partial charge in [-0.25, -0.2) is 4.98 Å². The Morgan fingerprint density at radius 1 is 1.04 bits per heavy atom. The molecule has 0 saturated carbocycles. The second-order valence-electron chi connectivity index (χ2n) is 12.9. The quantitative estimate of drug-likeness (QED) is 0.215. The number of nitrogens with zero attached hydrogens (tertiary/aromatic N) is 6. The van der Waals surface area contributed by atoms with E-state index in [0.29, 0.717) is 46.6 Å². The molecule has 0 radical (unpaired) electrons. The van der Waals surface area contributed by atoms with Crippen LogP contribution in [0.4, 0.5) is 11.4 Å². The van der Waals surface area contributed by atoms with Crippen molar-refractivity contribution in [1.29, 1.82) is 5.26 Å². The fourth-order valence-electron chi connectivity index (χ4n) is 6.33. The van der Waals surface area contributed by atoms with Crippen molar-refractivity contribution >= 4 is 50.8 Å². The number of benzene rings is 3. The molecule has 2 aliphatic rings. The number of anilines is 2. The Hall–Kier alpha value is -6.27. The lowest BCUT2D eigenvalue weighted by Gasteiger charge is -2.38. The Balaban J connectivity index is 1.01. The molecule has 2 aromatic heterocycles. The Kier molecular flexibility index (Phi) is 7.72. The van der Waals surface area contributed by atoms with Gasteiger partial charge in [-0.15, -0.1) is 0 Å². The second-order valence-corrected chi connectivity index (χ2v) is 12.9. The van der Waals surface area contributed by atoms with Gasteiger partial charge in [0.05, 0.1) is 40.2 Å². The molecule has 12 nitrogen and oxygen atoms in total. The molecule has 3 amide bonds. The molecule has 49 heavy (non-hydrogen) atoms. The zero-order valence-electron chi connectivity index (χ0n) is 27.2. The number of piperidine rings is 1. The second kappa shape index (κ2) is 12.1. The zero-order chi connectivity index (χ0) is 34.4. The van der Waals surface area contributed by atoms with Gasteiger partial charge in [0, 0.05) is 47.9 Å². The van der Waals surface area contributed by atoms with Gasteiger partial charge < -0.3 is 10.2 Å². The molecule has 4 heterocycles. The van der Waals surface area contributed by atoms with Crippen LogP contribution in [0.1, 0.15) is 49.7 Å². The van der Waals surface area contributed by atoms with Crippen molar-refractivity contribution in [2.45, 2.75) is 45.2 Å². The SMILES string of the molecule is Cc1nc2cc(N3CC(C#Cc4cnn(C(C)(C)C(=O)Nc5ccc(C#N)c6ccccc56)c4)C3)ccc2c(=O)n1C1CCC(=O)NC1=O. The van der Waals surface area contributed by atoms with Crippen LogP contribution in [0, 0.1) is 36.0 Å². The predicted molar refractivity (Wildman–Crippen MR) is 184 cm³/mol. The van der Waals surface area contributed by atoms with Gasteiger partial charge in [-0.1, -0.05) is 36.1 Å². The fourth-order valence-corrected chi connectivity index (χ4v) is 6.33. The van der Waals surface area contributed by atoms with Crippen molar-refractivity contribution in [3.8, 4) is 17.9 Å². The van der Waals surface area contributed by atoms with Crippen LogP contribution in [0.5, 0.6) is 0 Å². The average Bonchev–Trinajstić information content (AvgIpc) is 3.55. The van der Waals surface area contributed by atoms with E-state index >= 15 is 0 Å². The van der Waals surface area contributed by atoms with Crippen LogP contribution in [0.25, 0.3) is 21.7 Å². The first-order valence-electron chi connectivity index (χ1n) is 15.9. The molecule has 1 unspecified atom stereocenters. The van der Waals surface area contributed by atoms with E-state index in [1.807, 2.05) is 36.4 Å². The summed E-state index contributed by atoms with van der Waals surface area (Å²) in [7, 11) is 0. The minimum atomic E-state index is -1.02. The topological polar surface area (TPSA) is 155 Å². The summed E-state index contributed by atoms with van der Waals surface area (Å²) >= 11 is 0. The number of carbonyl (C=O) groups excluding carboxylic acids is 3. The van der Waals surface area contributed by atoms with E-state index in [9.17, 15) is 24.4 Å². The number of imide groups is 1. The van der Waals surface area contributed by atoms with Gasteiger partial charge in [0.25, 0.3) is 11.5 Å². The summed E-state index contributed by atoms with van der Waals surface area (Å²) in [4.78, 5) is 57.6. The van der Waals surface area contributed by atoms with Crippen molar-refractivity contribution in [3.63, 3.8) is 0 Å². The molecule has 0 aliphatic carbocycles. The van der Waals surface area contributed by atoms with Gasteiger partial charge in [-0.2, -0.15) is 10.4 Å². The van der Waals surface area contributed by atoms with Crippen molar-refractivity contribution in [2.75, 3.05) is 23.3 Å². The van der Waals surface area contributed by atoms with Crippen LogP contribution >= 0.6 is 0 Å². The lowest BCUT2D eigenvalue weighted by Crippen LogP contribution is -2.46. The van der Waals surface area contributed by atoms with Gasteiger partial charge in [0.1, 0.15) is 17.4 Å². The monoisotopic (exact) mass is 652 g/mol. The summed E-state index contributed by atoms with van der Waals surface area (Å²) in [5, 5.41) is 21.2. The highest BCUT2D eigenvalue weighted by Crippen LogP contribution is 2.29. The van der Waals surface area contributed by atoms with E-state index in [2.05, 4.69) is 43.5 Å². The normalized spacial score (nSPS) is 16.4. The zero-order valence-corrected chi connectivity index (χ0v) is 27.2. The molecule has 7 rings (SSSR count). The third-order valence-corrected chi connectivity index (χ3v) is 9.25. The molecule has 3 aromatic carbocycles. The first-order chi connectivity index (χ1) is 23.5. The van der Waals surface area contributed by atoms with E-state index in [1.54, 1.807) is 56.0 Å². The average molecular weight is 653 g/mol. The summed E-state index contributed by atoms with van der Waals surface area (Å²) in [5.74, 6) is 5.96. The number of fused-ring (bicyclic) bond motifs is 2. The van der Waals surface area contributed by atoms with E-state index in [4.69, 9.17) is 0 Å². The molecule has 1 atom stereocenters. The lowest BCUT2D eigenvalue weighted by molar-refractivity contribution is -0.135. The van der Waals surface area contributed by atoms with Crippen molar-refractivity contribution in [3.05, 3.63) is 94.3 Å². The third-order valence-electron chi connectivity index (χ3n) is 9.25. The number of carbonyl (C=O) groups is 3. The first kappa shape index (κ1) is 31.3. The molecule has 0 spiro atoms. The van der Waals surface area contributed by atoms with Crippen LogP contribution < -0.4 is 21.1 Å². The number of amides is 3. The maximum Gasteiger partial charge on any atom is 0.262 e. The Bertz CT molecular complexity index is 2370. The number of rotatable bonds is 5. The summed E-state index contributed by atoms with van der Waals surface area (Å²) in [5.41, 5.74) is 2.00. The molecular weight excluding hydrogens is 620 g/mol.